The van der Waals surface area contributed by atoms with E-state index in [-0.39, 0.29) is 17.7 Å². The van der Waals surface area contributed by atoms with Gasteiger partial charge in [-0.25, -0.2) is 14.8 Å². The molecule has 2 aliphatic rings. The standard InChI is InChI=1S/C19H18ClN3O4/c1-10-8-11(20)9-21-16(10)27-12-4-6-19(7-5-12)15-13(23-18(19)26)2-3-14(22-15)17(24)25/h2-3,8-9,12H,4-7H2,1H3,(H,23,26)(H,24,25)/t12-,19+. The van der Waals surface area contributed by atoms with Crippen LogP contribution >= 0.6 is 11.6 Å². The maximum Gasteiger partial charge on any atom is 0.354 e. The molecule has 1 aliphatic carbocycles. The molecule has 1 saturated carbocycles. The molecule has 3 heterocycles. The van der Waals surface area contributed by atoms with E-state index in [9.17, 15) is 14.7 Å². The Kier molecular flexibility index (Phi) is 4.26. The van der Waals surface area contributed by atoms with Gasteiger partial charge < -0.3 is 15.2 Å². The topological polar surface area (TPSA) is 101 Å². The third kappa shape index (κ3) is 3.02. The number of fused-ring (bicyclic) bond motifs is 2. The predicted octanol–water partition coefficient (Wildman–Crippen LogP) is 3.35. The quantitative estimate of drug-likeness (QED) is 0.837. The average Bonchev–Trinajstić information content (AvgIpc) is 2.90. The molecule has 2 aromatic rings. The second kappa shape index (κ2) is 6.49. The Labute approximate surface area is 160 Å². The van der Waals surface area contributed by atoms with Gasteiger partial charge in [-0.2, -0.15) is 0 Å². The molecule has 0 unspecified atom stereocenters. The number of carbonyl (C=O) groups is 2. The van der Waals surface area contributed by atoms with Gasteiger partial charge in [0.1, 0.15) is 11.8 Å². The van der Waals surface area contributed by atoms with Crippen molar-refractivity contribution >= 4 is 29.2 Å². The van der Waals surface area contributed by atoms with E-state index in [1.807, 2.05) is 6.92 Å². The van der Waals surface area contributed by atoms with Crippen molar-refractivity contribution in [2.45, 2.75) is 44.1 Å². The van der Waals surface area contributed by atoms with E-state index < -0.39 is 11.4 Å². The minimum Gasteiger partial charge on any atom is -0.477 e. The number of anilines is 1. The van der Waals surface area contributed by atoms with Crippen LogP contribution in [0.4, 0.5) is 5.69 Å². The number of hydrogen-bond acceptors (Lipinski definition) is 5. The summed E-state index contributed by atoms with van der Waals surface area (Å²) in [6.07, 6.45) is 3.86. The molecule has 1 amide bonds. The van der Waals surface area contributed by atoms with Gasteiger partial charge in [0.05, 0.1) is 21.8 Å². The second-order valence-corrected chi connectivity index (χ2v) is 7.46. The maximum atomic E-state index is 12.7. The number of aromatic carboxylic acids is 1. The van der Waals surface area contributed by atoms with Gasteiger partial charge in [0.2, 0.25) is 11.8 Å². The van der Waals surface area contributed by atoms with Crippen molar-refractivity contribution in [1.29, 1.82) is 0 Å². The van der Waals surface area contributed by atoms with E-state index in [1.165, 1.54) is 6.07 Å². The number of nitrogens with one attached hydrogen (secondary N) is 1. The molecule has 0 saturated heterocycles. The summed E-state index contributed by atoms with van der Waals surface area (Å²) < 4.78 is 6.01. The van der Waals surface area contributed by atoms with Gasteiger partial charge in [-0.3, -0.25) is 4.79 Å². The van der Waals surface area contributed by atoms with Gasteiger partial charge in [-0.15, -0.1) is 0 Å². The van der Waals surface area contributed by atoms with Crippen molar-refractivity contribution in [1.82, 2.24) is 9.97 Å². The summed E-state index contributed by atoms with van der Waals surface area (Å²) in [5.41, 5.74) is 1.15. The lowest BCUT2D eigenvalue weighted by Crippen LogP contribution is -2.41. The minimum absolute atomic E-state index is 0.0519. The molecule has 7 nitrogen and oxygen atoms in total. The Hall–Kier alpha value is -2.67. The summed E-state index contributed by atoms with van der Waals surface area (Å²) in [4.78, 5) is 32.4. The normalized spacial score (nSPS) is 23.8. The molecule has 8 heteroatoms. The first kappa shape index (κ1) is 17.7. The molecule has 1 fully saturated rings. The number of aryl methyl sites for hydroxylation is 1. The fraction of sp³-hybridized carbons (Fsp3) is 0.368. The van der Waals surface area contributed by atoms with E-state index in [4.69, 9.17) is 16.3 Å². The summed E-state index contributed by atoms with van der Waals surface area (Å²) in [6.45, 7) is 1.89. The SMILES string of the molecule is Cc1cc(Cl)cnc1O[C@H]1CC[C@]2(CC1)C(=O)Nc1ccc(C(=O)O)nc12. The molecule has 27 heavy (non-hydrogen) atoms. The fourth-order valence-electron chi connectivity index (χ4n) is 3.87. The lowest BCUT2D eigenvalue weighted by atomic mass is 9.71. The number of pyridine rings is 2. The van der Waals surface area contributed by atoms with E-state index in [0.29, 0.717) is 48.0 Å². The molecule has 1 aliphatic heterocycles. The summed E-state index contributed by atoms with van der Waals surface area (Å²) in [5, 5.41) is 12.6. The first-order valence-corrected chi connectivity index (χ1v) is 9.12. The van der Waals surface area contributed by atoms with Crippen LogP contribution in [0.1, 0.15) is 47.4 Å². The molecule has 0 radical (unpaired) electrons. The van der Waals surface area contributed by atoms with Crippen LogP contribution in [-0.4, -0.2) is 33.1 Å². The smallest absolute Gasteiger partial charge is 0.354 e. The number of hydrogen-bond donors (Lipinski definition) is 2. The van der Waals surface area contributed by atoms with Crippen molar-refractivity contribution in [2.75, 3.05) is 5.32 Å². The van der Waals surface area contributed by atoms with Gasteiger partial charge in [0.15, 0.2) is 0 Å². The van der Waals surface area contributed by atoms with Crippen LogP contribution < -0.4 is 10.1 Å². The van der Waals surface area contributed by atoms with Crippen LogP contribution in [0, 0.1) is 6.92 Å². The molecule has 0 aromatic carbocycles. The molecule has 2 aromatic heterocycles. The first-order chi connectivity index (χ1) is 12.9. The summed E-state index contributed by atoms with van der Waals surface area (Å²) in [7, 11) is 0. The monoisotopic (exact) mass is 387 g/mol. The highest BCUT2D eigenvalue weighted by Crippen LogP contribution is 2.47. The zero-order valence-corrected chi connectivity index (χ0v) is 15.4. The highest BCUT2D eigenvalue weighted by Gasteiger charge is 2.50. The number of rotatable bonds is 3. The number of aromatic nitrogens is 2. The first-order valence-electron chi connectivity index (χ1n) is 8.74. The Morgan fingerprint density at radius 2 is 2.11 bits per heavy atom. The summed E-state index contributed by atoms with van der Waals surface area (Å²) >= 11 is 5.93. The van der Waals surface area contributed by atoms with Crippen molar-refractivity contribution < 1.29 is 19.4 Å². The van der Waals surface area contributed by atoms with Crippen LogP contribution in [0.3, 0.4) is 0 Å². The third-order valence-corrected chi connectivity index (χ3v) is 5.52. The zero-order valence-electron chi connectivity index (χ0n) is 14.7. The van der Waals surface area contributed by atoms with Gasteiger partial charge >= 0.3 is 5.97 Å². The average molecular weight is 388 g/mol. The number of carbonyl (C=O) groups excluding carboxylic acids is 1. The molecule has 2 N–H and O–H groups in total. The van der Waals surface area contributed by atoms with Crippen molar-refractivity contribution in [2.24, 2.45) is 0 Å². The van der Waals surface area contributed by atoms with Crippen LogP contribution in [0.5, 0.6) is 5.88 Å². The largest absolute Gasteiger partial charge is 0.477 e. The van der Waals surface area contributed by atoms with E-state index in [2.05, 4.69) is 15.3 Å². The lowest BCUT2D eigenvalue weighted by Gasteiger charge is -2.35. The lowest BCUT2D eigenvalue weighted by molar-refractivity contribution is -0.122. The molecular weight excluding hydrogens is 370 g/mol. The molecular formula is C19H18ClN3O4. The van der Waals surface area contributed by atoms with Gasteiger partial charge in [-0.05, 0) is 50.8 Å². The number of carboxylic acids is 1. The van der Waals surface area contributed by atoms with Crippen molar-refractivity contribution in [3.63, 3.8) is 0 Å². The number of nitrogens with zero attached hydrogens (tertiary/aromatic N) is 2. The van der Waals surface area contributed by atoms with Crippen molar-refractivity contribution in [3.05, 3.63) is 46.4 Å². The van der Waals surface area contributed by atoms with Crippen LogP contribution in [-0.2, 0) is 10.2 Å². The van der Waals surface area contributed by atoms with E-state index >= 15 is 0 Å². The highest BCUT2D eigenvalue weighted by atomic mass is 35.5. The molecule has 140 valence electrons. The Bertz CT molecular complexity index is 939. The van der Waals surface area contributed by atoms with Crippen LogP contribution in [0.25, 0.3) is 0 Å². The third-order valence-electron chi connectivity index (χ3n) is 5.31. The van der Waals surface area contributed by atoms with E-state index in [0.717, 1.165) is 5.56 Å². The van der Waals surface area contributed by atoms with Gasteiger partial charge in [0.25, 0.3) is 0 Å². The molecule has 4 rings (SSSR count). The Balaban J connectivity index is 1.54. The van der Waals surface area contributed by atoms with Crippen LogP contribution in [0.15, 0.2) is 24.4 Å². The molecule has 1 spiro atoms. The second-order valence-electron chi connectivity index (χ2n) is 7.03. The van der Waals surface area contributed by atoms with Crippen LogP contribution in [0.2, 0.25) is 5.02 Å². The van der Waals surface area contributed by atoms with Gasteiger partial charge in [0, 0.05) is 11.8 Å². The number of amides is 1. The number of ether oxygens (including phenoxy) is 1. The van der Waals surface area contributed by atoms with Crippen molar-refractivity contribution in [3.8, 4) is 5.88 Å². The van der Waals surface area contributed by atoms with Gasteiger partial charge in [-0.1, -0.05) is 11.6 Å². The number of halogens is 1. The highest BCUT2D eigenvalue weighted by molar-refractivity contribution is 6.30. The Morgan fingerprint density at radius 3 is 2.78 bits per heavy atom. The molecule has 0 bridgehead atoms. The number of carboxylic acid groups (broad SMARTS) is 1. The predicted molar refractivity (Wildman–Crippen MR) is 98.4 cm³/mol. The summed E-state index contributed by atoms with van der Waals surface area (Å²) in [5.74, 6) is -0.677. The summed E-state index contributed by atoms with van der Waals surface area (Å²) in [6, 6.07) is 4.82. The Morgan fingerprint density at radius 1 is 1.37 bits per heavy atom. The van der Waals surface area contributed by atoms with E-state index in [1.54, 1.807) is 18.3 Å². The zero-order chi connectivity index (χ0) is 19.2. The maximum absolute atomic E-state index is 12.7. The minimum atomic E-state index is -1.10. The fourth-order valence-corrected chi connectivity index (χ4v) is 4.08. The molecule has 0 atom stereocenters.